The lowest BCUT2D eigenvalue weighted by Crippen LogP contribution is -1.96. The van der Waals surface area contributed by atoms with Crippen molar-refractivity contribution in [1.82, 2.24) is 4.98 Å². The Morgan fingerprint density at radius 2 is 2.18 bits per heavy atom. The first-order valence-electron chi connectivity index (χ1n) is 4.78. The summed E-state index contributed by atoms with van der Waals surface area (Å²) in [6, 6.07) is 9.88. The summed E-state index contributed by atoms with van der Waals surface area (Å²) in [5.74, 6) is 0.116. The Bertz CT molecular complexity index is 593. The van der Waals surface area contributed by atoms with E-state index in [0.29, 0.717) is 21.5 Å². The molecule has 0 amide bonds. The van der Waals surface area contributed by atoms with Gasteiger partial charge in [-0.1, -0.05) is 0 Å². The van der Waals surface area contributed by atoms with E-state index in [2.05, 4.69) is 26.2 Å². The number of anilines is 2. The Labute approximate surface area is 106 Å². The second kappa shape index (κ2) is 4.93. The Kier molecular flexibility index (Phi) is 3.35. The van der Waals surface area contributed by atoms with E-state index in [0.717, 1.165) is 0 Å². The van der Waals surface area contributed by atoms with Gasteiger partial charge in [-0.25, -0.2) is 9.37 Å². The molecular formula is C12H7BrFN3. The summed E-state index contributed by atoms with van der Waals surface area (Å²) >= 11 is 3.09. The van der Waals surface area contributed by atoms with Crippen molar-refractivity contribution in [1.29, 1.82) is 5.26 Å². The number of rotatable bonds is 2. The zero-order valence-electron chi connectivity index (χ0n) is 8.61. The van der Waals surface area contributed by atoms with Crippen LogP contribution in [0.1, 0.15) is 5.56 Å². The summed E-state index contributed by atoms with van der Waals surface area (Å²) in [5, 5.41) is 11.9. The summed E-state index contributed by atoms with van der Waals surface area (Å²) in [7, 11) is 0. The van der Waals surface area contributed by atoms with Crippen LogP contribution >= 0.6 is 15.9 Å². The molecule has 2 rings (SSSR count). The minimum absolute atomic E-state index is 0.336. The number of nitriles is 1. The molecule has 0 radical (unpaired) electrons. The highest BCUT2D eigenvalue weighted by Gasteiger charge is 2.04. The summed E-state index contributed by atoms with van der Waals surface area (Å²) in [4.78, 5) is 4.05. The fraction of sp³-hybridized carbons (Fsp3) is 0. The Morgan fingerprint density at radius 3 is 2.88 bits per heavy atom. The van der Waals surface area contributed by atoms with Crippen molar-refractivity contribution in [3.8, 4) is 6.07 Å². The molecule has 0 fully saturated rings. The first-order valence-corrected chi connectivity index (χ1v) is 5.57. The van der Waals surface area contributed by atoms with Gasteiger partial charge >= 0.3 is 0 Å². The maximum absolute atomic E-state index is 13.0. The lowest BCUT2D eigenvalue weighted by Gasteiger charge is -2.07. The van der Waals surface area contributed by atoms with Crippen molar-refractivity contribution in [2.75, 3.05) is 5.32 Å². The van der Waals surface area contributed by atoms with Crippen LogP contribution in [0.25, 0.3) is 0 Å². The van der Waals surface area contributed by atoms with Crippen molar-refractivity contribution < 1.29 is 4.39 Å². The maximum Gasteiger partial charge on any atom is 0.148 e. The lowest BCUT2D eigenvalue weighted by molar-refractivity contribution is 0.621. The third-order valence-electron chi connectivity index (χ3n) is 2.11. The second-order valence-corrected chi connectivity index (χ2v) is 4.12. The zero-order valence-corrected chi connectivity index (χ0v) is 10.2. The Balaban J connectivity index is 2.32. The standard InChI is InChI=1S/C12H7BrFN3/c13-10-6-9(3-4-11(10)14)17-12-8(7-15)2-1-5-16-12/h1-6H,(H,16,17). The summed E-state index contributed by atoms with van der Waals surface area (Å²) < 4.78 is 13.4. The minimum Gasteiger partial charge on any atom is -0.339 e. The van der Waals surface area contributed by atoms with Gasteiger partial charge in [0.05, 0.1) is 10.0 Å². The van der Waals surface area contributed by atoms with Gasteiger partial charge in [-0.3, -0.25) is 0 Å². The Hall–Kier alpha value is -1.93. The third kappa shape index (κ3) is 2.60. The van der Waals surface area contributed by atoms with Crippen molar-refractivity contribution in [3.63, 3.8) is 0 Å². The zero-order chi connectivity index (χ0) is 12.3. The molecule has 5 heteroatoms. The molecule has 0 spiro atoms. The fourth-order valence-corrected chi connectivity index (χ4v) is 1.68. The molecule has 2 aromatic rings. The molecule has 1 aromatic carbocycles. The maximum atomic E-state index is 13.0. The molecule has 1 aromatic heterocycles. The summed E-state index contributed by atoms with van der Waals surface area (Å²) in [6.07, 6.45) is 1.59. The molecule has 0 aliphatic rings. The second-order valence-electron chi connectivity index (χ2n) is 3.27. The van der Waals surface area contributed by atoms with Crippen molar-refractivity contribution in [2.24, 2.45) is 0 Å². The van der Waals surface area contributed by atoms with Crippen LogP contribution in [0.2, 0.25) is 0 Å². The van der Waals surface area contributed by atoms with E-state index in [9.17, 15) is 4.39 Å². The molecule has 1 N–H and O–H groups in total. The van der Waals surface area contributed by atoms with E-state index in [1.807, 2.05) is 6.07 Å². The highest BCUT2D eigenvalue weighted by Crippen LogP contribution is 2.23. The van der Waals surface area contributed by atoms with E-state index in [1.54, 1.807) is 30.5 Å². The molecule has 1 heterocycles. The van der Waals surface area contributed by atoms with Gasteiger partial charge in [0.15, 0.2) is 0 Å². The molecule has 17 heavy (non-hydrogen) atoms. The number of pyridine rings is 1. The van der Waals surface area contributed by atoms with Crippen LogP contribution in [-0.4, -0.2) is 4.98 Å². The number of aromatic nitrogens is 1. The highest BCUT2D eigenvalue weighted by molar-refractivity contribution is 9.10. The number of nitrogens with one attached hydrogen (secondary N) is 1. The van der Waals surface area contributed by atoms with E-state index in [1.165, 1.54) is 6.07 Å². The van der Waals surface area contributed by atoms with Crippen LogP contribution in [0.3, 0.4) is 0 Å². The molecule has 3 nitrogen and oxygen atoms in total. The van der Waals surface area contributed by atoms with Gasteiger partial charge in [0.1, 0.15) is 17.7 Å². The van der Waals surface area contributed by atoms with Crippen LogP contribution in [0.15, 0.2) is 41.0 Å². The normalized spacial score (nSPS) is 9.71. The fourth-order valence-electron chi connectivity index (χ4n) is 1.31. The number of nitrogens with zero attached hydrogens (tertiary/aromatic N) is 2. The number of benzene rings is 1. The summed E-state index contributed by atoms with van der Waals surface area (Å²) in [5.41, 5.74) is 1.10. The first-order chi connectivity index (χ1) is 8.20. The van der Waals surface area contributed by atoms with Gasteiger partial charge in [0.25, 0.3) is 0 Å². The van der Waals surface area contributed by atoms with Crippen LogP contribution < -0.4 is 5.32 Å². The van der Waals surface area contributed by atoms with Crippen molar-refractivity contribution in [3.05, 3.63) is 52.4 Å². The van der Waals surface area contributed by atoms with Crippen molar-refractivity contribution >= 4 is 27.4 Å². The van der Waals surface area contributed by atoms with Gasteiger partial charge in [-0.05, 0) is 46.3 Å². The molecule has 84 valence electrons. The van der Waals surface area contributed by atoms with E-state index in [4.69, 9.17) is 5.26 Å². The number of hydrogen-bond acceptors (Lipinski definition) is 3. The quantitative estimate of drug-likeness (QED) is 0.920. The third-order valence-corrected chi connectivity index (χ3v) is 2.72. The molecule has 0 saturated heterocycles. The first kappa shape index (κ1) is 11.6. The highest BCUT2D eigenvalue weighted by atomic mass is 79.9. The smallest absolute Gasteiger partial charge is 0.148 e. The van der Waals surface area contributed by atoms with Gasteiger partial charge < -0.3 is 5.32 Å². The predicted octanol–water partition coefficient (Wildman–Crippen LogP) is 3.60. The largest absolute Gasteiger partial charge is 0.339 e. The van der Waals surface area contributed by atoms with Crippen molar-refractivity contribution in [2.45, 2.75) is 0 Å². The summed E-state index contributed by atoms with van der Waals surface area (Å²) in [6.45, 7) is 0. The lowest BCUT2D eigenvalue weighted by atomic mass is 10.2. The molecular weight excluding hydrogens is 285 g/mol. The van der Waals surface area contributed by atoms with Gasteiger partial charge in [-0.15, -0.1) is 0 Å². The minimum atomic E-state index is -0.336. The number of hydrogen-bond donors (Lipinski definition) is 1. The van der Waals surface area contributed by atoms with E-state index in [-0.39, 0.29) is 5.82 Å². The topological polar surface area (TPSA) is 48.7 Å². The molecule has 0 aliphatic carbocycles. The van der Waals surface area contributed by atoms with E-state index < -0.39 is 0 Å². The van der Waals surface area contributed by atoms with Gasteiger partial charge in [-0.2, -0.15) is 5.26 Å². The SMILES string of the molecule is N#Cc1cccnc1Nc1ccc(F)c(Br)c1. The van der Waals surface area contributed by atoms with E-state index >= 15 is 0 Å². The average molecular weight is 292 g/mol. The molecule has 0 bridgehead atoms. The monoisotopic (exact) mass is 291 g/mol. The average Bonchev–Trinajstić information content (AvgIpc) is 2.34. The van der Waals surface area contributed by atoms with Crippen LogP contribution in [0.5, 0.6) is 0 Å². The predicted molar refractivity (Wildman–Crippen MR) is 66.3 cm³/mol. The van der Waals surface area contributed by atoms with Gasteiger partial charge in [0, 0.05) is 11.9 Å². The van der Waals surface area contributed by atoms with Gasteiger partial charge in [0.2, 0.25) is 0 Å². The molecule has 0 aliphatic heterocycles. The Morgan fingerprint density at radius 1 is 1.35 bits per heavy atom. The van der Waals surface area contributed by atoms with Crippen LogP contribution in [0.4, 0.5) is 15.9 Å². The molecule has 0 unspecified atom stereocenters. The molecule has 0 saturated carbocycles. The number of halogens is 2. The molecule has 0 atom stereocenters. The van der Waals surface area contributed by atoms with Crippen LogP contribution in [-0.2, 0) is 0 Å². The van der Waals surface area contributed by atoms with Crippen LogP contribution in [0, 0.1) is 17.1 Å².